The fourth-order valence-corrected chi connectivity index (χ4v) is 1.58. The topological polar surface area (TPSA) is 17.8 Å². The molecule has 0 aromatic carbocycles. The van der Waals surface area contributed by atoms with Gasteiger partial charge in [0.05, 0.1) is 0 Å². The molecule has 1 heterocycles. The second-order valence-electron chi connectivity index (χ2n) is 3.83. The van der Waals surface area contributed by atoms with Crippen LogP contribution in [0.5, 0.6) is 0 Å². The first-order valence-corrected chi connectivity index (χ1v) is 4.89. The van der Waals surface area contributed by atoms with Crippen LogP contribution in [-0.2, 0) is 12.5 Å². The number of halogens is 2. The Bertz CT molecular complexity index is 299. The standard InChI is InChI=1S/C8H12BrClN2/c1-8(2,3)7-11-6(10)5(9)12(7)4/h1-4H3. The Morgan fingerprint density at radius 1 is 1.42 bits per heavy atom. The molecule has 2 nitrogen and oxygen atoms in total. The normalized spacial score (nSPS) is 12.2. The lowest BCUT2D eigenvalue weighted by atomic mass is 9.96. The van der Waals surface area contributed by atoms with Crippen molar-refractivity contribution in [3.8, 4) is 0 Å². The van der Waals surface area contributed by atoms with Gasteiger partial charge in [-0.15, -0.1) is 0 Å². The van der Waals surface area contributed by atoms with Gasteiger partial charge in [-0.05, 0) is 15.9 Å². The third kappa shape index (κ3) is 1.67. The second kappa shape index (κ2) is 3.04. The maximum absolute atomic E-state index is 5.86. The van der Waals surface area contributed by atoms with Gasteiger partial charge in [0, 0.05) is 12.5 Å². The van der Waals surface area contributed by atoms with E-state index in [2.05, 4.69) is 41.7 Å². The van der Waals surface area contributed by atoms with Crippen molar-refractivity contribution in [1.29, 1.82) is 0 Å². The van der Waals surface area contributed by atoms with Crippen LogP contribution in [-0.4, -0.2) is 9.55 Å². The Balaban J connectivity index is 3.28. The molecule has 0 saturated heterocycles. The summed E-state index contributed by atoms with van der Waals surface area (Å²) < 4.78 is 2.80. The number of hydrogen-bond donors (Lipinski definition) is 0. The summed E-state index contributed by atoms with van der Waals surface area (Å²) in [7, 11) is 1.95. The molecule has 0 N–H and O–H groups in total. The third-order valence-electron chi connectivity index (χ3n) is 1.66. The van der Waals surface area contributed by atoms with E-state index in [1.54, 1.807) is 0 Å². The van der Waals surface area contributed by atoms with Crippen LogP contribution in [0, 0.1) is 0 Å². The summed E-state index contributed by atoms with van der Waals surface area (Å²) >= 11 is 9.22. The molecule has 0 radical (unpaired) electrons. The minimum Gasteiger partial charge on any atom is -0.324 e. The highest BCUT2D eigenvalue weighted by Gasteiger charge is 2.22. The largest absolute Gasteiger partial charge is 0.324 e. The van der Waals surface area contributed by atoms with Gasteiger partial charge in [-0.2, -0.15) is 0 Å². The fourth-order valence-electron chi connectivity index (χ4n) is 1.12. The van der Waals surface area contributed by atoms with Gasteiger partial charge in [0.1, 0.15) is 10.4 Å². The van der Waals surface area contributed by atoms with Gasteiger partial charge in [-0.1, -0.05) is 32.4 Å². The van der Waals surface area contributed by atoms with Crippen molar-refractivity contribution in [3.63, 3.8) is 0 Å². The lowest BCUT2D eigenvalue weighted by Gasteiger charge is -2.17. The molecular formula is C8H12BrClN2. The van der Waals surface area contributed by atoms with E-state index >= 15 is 0 Å². The molecular weight excluding hydrogens is 239 g/mol. The summed E-state index contributed by atoms with van der Waals surface area (Å²) in [6.45, 7) is 6.33. The molecule has 0 aliphatic carbocycles. The highest BCUT2D eigenvalue weighted by molar-refractivity contribution is 9.10. The first-order valence-electron chi connectivity index (χ1n) is 3.72. The number of nitrogens with zero attached hydrogens (tertiary/aromatic N) is 2. The maximum atomic E-state index is 5.86. The summed E-state index contributed by atoms with van der Waals surface area (Å²) in [5, 5.41) is 0.530. The molecule has 0 bridgehead atoms. The van der Waals surface area contributed by atoms with Gasteiger partial charge in [0.25, 0.3) is 0 Å². The van der Waals surface area contributed by atoms with Crippen LogP contribution in [0.1, 0.15) is 26.6 Å². The van der Waals surface area contributed by atoms with Gasteiger partial charge in [0.15, 0.2) is 5.15 Å². The zero-order valence-corrected chi connectivity index (χ0v) is 9.99. The Kier molecular flexibility index (Phi) is 2.55. The molecule has 4 heteroatoms. The second-order valence-corrected chi connectivity index (χ2v) is 4.94. The minimum atomic E-state index is 0.0322. The van der Waals surface area contributed by atoms with Crippen LogP contribution >= 0.6 is 27.5 Å². The molecule has 0 atom stereocenters. The lowest BCUT2D eigenvalue weighted by molar-refractivity contribution is 0.520. The van der Waals surface area contributed by atoms with E-state index in [4.69, 9.17) is 11.6 Å². The SMILES string of the molecule is Cn1c(C(C)(C)C)nc(Cl)c1Br. The quantitative estimate of drug-likeness (QED) is 0.693. The van der Waals surface area contributed by atoms with Crippen molar-refractivity contribution in [3.05, 3.63) is 15.6 Å². The van der Waals surface area contributed by atoms with Crippen LogP contribution in [0.4, 0.5) is 0 Å². The average Bonchev–Trinajstić information content (AvgIpc) is 2.15. The van der Waals surface area contributed by atoms with Crippen LogP contribution in [0.3, 0.4) is 0 Å². The molecule has 0 spiro atoms. The molecule has 0 amide bonds. The molecule has 0 aliphatic rings. The lowest BCUT2D eigenvalue weighted by Crippen LogP contribution is -2.17. The predicted octanol–water partition coefficient (Wildman–Crippen LogP) is 3.13. The number of hydrogen-bond acceptors (Lipinski definition) is 1. The zero-order chi connectivity index (χ0) is 9.52. The summed E-state index contributed by atoms with van der Waals surface area (Å²) in [6, 6.07) is 0. The van der Waals surface area contributed by atoms with Crippen molar-refractivity contribution >= 4 is 27.5 Å². The Hall–Kier alpha value is -0.0200. The molecule has 0 aliphatic heterocycles. The van der Waals surface area contributed by atoms with Crippen molar-refractivity contribution < 1.29 is 0 Å². The third-order valence-corrected chi connectivity index (χ3v) is 3.06. The molecule has 0 fully saturated rings. The van der Waals surface area contributed by atoms with Crippen LogP contribution in [0.2, 0.25) is 5.15 Å². The van der Waals surface area contributed by atoms with E-state index < -0.39 is 0 Å². The molecule has 1 aromatic heterocycles. The van der Waals surface area contributed by atoms with E-state index in [1.807, 2.05) is 11.6 Å². The van der Waals surface area contributed by atoms with Crippen molar-refractivity contribution in [2.75, 3.05) is 0 Å². The minimum absolute atomic E-state index is 0.0322. The Labute approximate surface area is 86.1 Å². The van der Waals surface area contributed by atoms with Gasteiger partial charge in [-0.25, -0.2) is 4.98 Å². The van der Waals surface area contributed by atoms with Crippen LogP contribution in [0.15, 0.2) is 4.60 Å². The number of imidazole rings is 1. The van der Waals surface area contributed by atoms with E-state index in [9.17, 15) is 0 Å². The van der Waals surface area contributed by atoms with E-state index in [-0.39, 0.29) is 5.41 Å². The van der Waals surface area contributed by atoms with Crippen molar-refractivity contribution in [1.82, 2.24) is 9.55 Å². The number of rotatable bonds is 0. The van der Waals surface area contributed by atoms with Gasteiger partial charge < -0.3 is 4.57 Å². The summed E-state index contributed by atoms with van der Waals surface area (Å²) in [5.74, 6) is 0.986. The Morgan fingerprint density at radius 3 is 2.08 bits per heavy atom. The van der Waals surface area contributed by atoms with E-state index in [0.29, 0.717) is 5.15 Å². The van der Waals surface area contributed by atoms with Crippen LogP contribution < -0.4 is 0 Å². The molecule has 68 valence electrons. The molecule has 0 saturated carbocycles. The van der Waals surface area contributed by atoms with Crippen molar-refractivity contribution in [2.24, 2.45) is 7.05 Å². The monoisotopic (exact) mass is 250 g/mol. The predicted molar refractivity (Wildman–Crippen MR) is 54.6 cm³/mol. The van der Waals surface area contributed by atoms with E-state index in [0.717, 1.165) is 10.4 Å². The first-order chi connectivity index (χ1) is 5.34. The van der Waals surface area contributed by atoms with Crippen molar-refractivity contribution in [2.45, 2.75) is 26.2 Å². The summed E-state index contributed by atoms with van der Waals surface area (Å²) in [4.78, 5) is 4.26. The summed E-state index contributed by atoms with van der Waals surface area (Å²) in [6.07, 6.45) is 0. The molecule has 1 aromatic rings. The van der Waals surface area contributed by atoms with Gasteiger partial charge >= 0.3 is 0 Å². The molecule has 12 heavy (non-hydrogen) atoms. The average molecular weight is 252 g/mol. The van der Waals surface area contributed by atoms with E-state index in [1.165, 1.54) is 0 Å². The highest BCUT2D eigenvalue weighted by atomic mass is 79.9. The first kappa shape index (κ1) is 10.1. The molecule has 0 unspecified atom stereocenters. The van der Waals surface area contributed by atoms with Gasteiger partial charge in [0.2, 0.25) is 0 Å². The highest BCUT2D eigenvalue weighted by Crippen LogP contribution is 2.28. The summed E-state index contributed by atoms with van der Waals surface area (Å²) in [5.41, 5.74) is 0.0322. The van der Waals surface area contributed by atoms with Crippen LogP contribution in [0.25, 0.3) is 0 Å². The maximum Gasteiger partial charge on any atom is 0.161 e. The smallest absolute Gasteiger partial charge is 0.161 e. The Morgan fingerprint density at radius 2 is 1.92 bits per heavy atom. The van der Waals surface area contributed by atoms with Gasteiger partial charge in [-0.3, -0.25) is 0 Å². The molecule has 1 rings (SSSR count). The fraction of sp³-hybridized carbons (Fsp3) is 0.625. The number of aromatic nitrogens is 2. The zero-order valence-electron chi connectivity index (χ0n) is 7.65.